The van der Waals surface area contributed by atoms with Gasteiger partial charge in [0.15, 0.2) is 10.8 Å². The number of ether oxygens (including phenoxy) is 1. The van der Waals surface area contributed by atoms with Crippen molar-refractivity contribution >= 4 is 44.8 Å². The topological polar surface area (TPSA) is 110 Å². The number of methoxy groups -OCH3 is 1. The number of esters is 1. The molecule has 2 aliphatic rings. The van der Waals surface area contributed by atoms with Crippen molar-refractivity contribution in [2.75, 3.05) is 14.2 Å². The van der Waals surface area contributed by atoms with E-state index in [2.05, 4.69) is 15.0 Å². The van der Waals surface area contributed by atoms with E-state index in [0.29, 0.717) is 47.8 Å². The van der Waals surface area contributed by atoms with Crippen LogP contribution in [0.4, 0.5) is 4.39 Å². The zero-order valence-corrected chi connectivity index (χ0v) is 20.9. The molecule has 0 bridgehead atoms. The molecule has 2 N–H and O–H groups in total. The van der Waals surface area contributed by atoms with Crippen molar-refractivity contribution in [3.05, 3.63) is 62.5 Å². The van der Waals surface area contributed by atoms with Crippen molar-refractivity contribution in [3.8, 4) is 0 Å². The Morgan fingerprint density at radius 2 is 2.03 bits per heavy atom. The molecule has 2 heterocycles. The molecule has 12 heteroatoms. The van der Waals surface area contributed by atoms with Crippen molar-refractivity contribution < 1.29 is 22.3 Å². The number of hydrogen-bond acceptors (Lipinski definition) is 8. The summed E-state index contributed by atoms with van der Waals surface area (Å²) in [5, 5.41) is 5.05. The van der Waals surface area contributed by atoms with Crippen molar-refractivity contribution in [1.29, 1.82) is 0 Å². The van der Waals surface area contributed by atoms with Crippen LogP contribution in [0.15, 0.2) is 46.0 Å². The van der Waals surface area contributed by atoms with Gasteiger partial charge in [0.1, 0.15) is 11.9 Å². The Kier molecular flexibility index (Phi) is 7.36. The molecule has 1 unspecified atom stereocenters. The van der Waals surface area contributed by atoms with Gasteiger partial charge in [-0.2, -0.15) is 0 Å². The molecule has 0 saturated heterocycles. The number of nitrogens with zero attached hydrogens (tertiary/aromatic N) is 2. The number of allylic oxidation sites excluding steroid dienone is 1. The van der Waals surface area contributed by atoms with E-state index < -0.39 is 33.1 Å². The summed E-state index contributed by atoms with van der Waals surface area (Å²) in [5.74, 6) is -0.947. The molecule has 1 aliphatic heterocycles. The number of rotatable bonds is 6. The number of sulfonamides is 1. The highest BCUT2D eigenvalue weighted by atomic mass is 35.5. The number of halogens is 2. The first-order chi connectivity index (χ1) is 16.3. The first kappa shape index (κ1) is 24.8. The normalized spacial score (nSPS) is 23.3. The number of aliphatic imine (C=N–C) groups is 1. The molecule has 2 aromatic rings. The number of hydrogen-bond donors (Lipinski definition) is 2. The maximum absolute atomic E-state index is 14.4. The van der Waals surface area contributed by atoms with Crippen LogP contribution in [0.1, 0.15) is 42.3 Å². The van der Waals surface area contributed by atoms with E-state index >= 15 is 0 Å². The minimum Gasteiger partial charge on any atom is -0.466 e. The first-order valence-electron chi connectivity index (χ1n) is 10.7. The van der Waals surface area contributed by atoms with Gasteiger partial charge in [-0.05, 0) is 44.7 Å². The average molecular weight is 527 g/mol. The molecule has 182 valence electrons. The van der Waals surface area contributed by atoms with Crippen LogP contribution in [0.25, 0.3) is 0 Å². The Morgan fingerprint density at radius 3 is 2.65 bits per heavy atom. The van der Waals surface area contributed by atoms with Crippen LogP contribution < -0.4 is 10.0 Å². The van der Waals surface area contributed by atoms with Crippen LogP contribution in [-0.4, -0.2) is 44.6 Å². The van der Waals surface area contributed by atoms with Crippen LogP contribution in [0, 0.1) is 11.7 Å². The summed E-state index contributed by atoms with van der Waals surface area (Å²) in [7, 11) is -0.709. The number of aromatic nitrogens is 1. The highest BCUT2D eigenvalue weighted by molar-refractivity contribution is 7.90. The molecule has 1 aliphatic carbocycles. The zero-order valence-electron chi connectivity index (χ0n) is 18.5. The second-order valence-corrected chi connectivity index (χ2v) is 11.5. The van der Waals surface area contributed by atoms with Gasteiger partial charge in [-0.1, -0.05) is 23.7 Å². The molecule has 8 nitrogen and oxygen atoms in total. The molecular formula is C22H24ClFN4O4S2. The van der Waals surface area contributed by atoms with Gasteiger partial charge in [-0.15, -0.1) is 11.3 Å². The van der Waals surface area contributed by atoms with Gasteiger partial charge < -0.3 is 10.1 Å². The summed E-state index contributed by atoms with van der Waals surface area (Å²) in [6.45, 7) is 0. The molecular weight excluding hydrogens is 503 g/mol. The predicted molar refractivity (Wildman–Crippen MR) is 129 cm³/mol. The lowest BCUT2D eigenvalue weighted by Gasteiger charge is -2.34. The number of carbonyl (C=O) groups excluding carboxylic acids is 1. The van der Waals surface area contributed by atoms with Gasteiger partial charge in [0, 0.05) is 22.8 Å². The summed E-state index contributed by atoms with van der Waals surface area (Å²) >= 11 is 7.67. The second kappa shape index (κ2) is 10.1. The zero-order chi connectivity index (χ0) is 24.5. The van der Waals surface area contributed by atoms with E-state index in [4.69, 9.17) is 21.3 Å². The second-order valence-electron chi connectivity index (χ2n) is 8.03. The fourth-order valence-corrected chi connectivity index (χ4v) is 6.50. The van der Waals surface area contributed by atoms with Gasteiger partial charge in [0.2, 0.25) is 10.0 Å². The smallest absolute Gasteiger partial charge is 0.338 e. The first-order valence-corrected chi connectivity index (χ1v) is 13.5. The van der Waals surface area contributed by atoms with Gasteiger partial charge in [-0.25, -0.2) is 27.3 Å². The lowest BCUT2D eigenvalue weighted by atomic mass is 9.82. The number of carbonyl (C=O) groups is 1. The van der Waals surface area contributed by atoms with E-state index in [1.54, 1.807) is 17.6 Å². The predicted octanol–water partition coefficient (Wildman–Crippen LogP) is 3.56. The quantitative estimate of drug-likeness (QED) is 0.557. The van der Waals surface area contributed by atoms with E-state index in [-0.39, 0.29) is 16.5 Å². The van der Waals surface area contributed by atoms with Crippen molar-refractivity contribution in [3.63, 3.8) is 0 Å². The summed E-state index contributed by atoms with van der Waals surface area (Å²) in [6, 6.07) is 3.47. The Balaban J connectivity index is 1.80. The highest BCUT2D eigenvalue weighted by Crippen LogP contribution is 2.42. The third-order valence-electron chi connectivity index (χ3n) is 6.20. The number of thiazole rings is 1. The SMILES string of the molecule is CNS(=O)(=O)[C@H]1CC[C@@H](C2=C(C(=O)OC)C(c3cccc(F)c3Cl)N=C(c3nccs3)N2)CC1. The molecule has 1 saturated carbocycles. The molecule has 4 rings (SSSR count). The molecule has 34 heavy (non-hydrogen) atoms. The molecule has 1 fully saturated rings. The van der Waals surface area contributed by atoms with Gasteiger partial charge in [0.05, 0.1) is 23.0 Å². The fourth-order valence-electron chi connectivity index (χ4n) is 4.46. The van der Waals surface area contributed by atoms with E-state index in [1.165, 1.54) is 37.6 Å². The van der Waals surface area contributed by atoms with E-state index in [0.717, 1.165) is 0 Å². The molecule has 0 radical (unpaired) electrons. The third kappa shape index (κ3) is 4.74. The van der Waals surface area contributed by atoms with Gasteiger partial charge in [0.25, 0.3) is 0 Å². The maximum atomic E-state index is 14.4. The largest absolute Gasteiger partial charge is 0.466 e. The molecule has 1 aromatic carbocycles. The van der Waals surface area contributed by atoms with Gasteiger partial charge in [-0.3, -0.25) is 4.99 Å². The Hall–Kier alpha value is -2.34. The minimum absolute atomic E-state index is 0.124. The summed E-state index contributed by atoms with van der Waals surface area (Å²) < 4.78 is 46.4. The molecule has 1 aromatic heterocycles. The Bertz CT molecular complexity index is 1240. The average Bonchev–Trinajstić information content (AvgIpc) is 3.40. The Morgan fingerprint density at radius 1 is 1.29 bits per heavy atom. The van der Waals surface area contributed by atoms with Gasteiger partial charge >= 0.3 is 5.97 Å². The third-order valence-corrected chi connectivity index (χ3v) is 9.29. The maximum Gasteiger partial charge on any atom is 0.338 e. The van der Waals surface area contributed by atoms with Crippen LogP contribution in [-0.2, 0) is 19.6 Å². The number of nitrogens with one attached hydrogen (secondary N) is 2. The Labute approximate surface area is 206 Å². The molecule has 0 spiro atoms. The lowest BCUT2D eigenvalue weighted by Crippen LogP contribution is -2.40. The lowest BCUT2D eigenvalue weighted by molar-refractivity contribution is -0.136. The van der Waals surface area contributed by atoms with Crippen LogP contribution in [0.3, 0.4) is 0 Å². The van der Waals surface area contributed by atoms with Crippen LogP contribution in [0.2, 0.25) is 5.02 Å². The number of amidine groups is 1. The van der Waals surface area contributed by atoms with E-state index in [1.807, 2.05) is 0 Å². The van der Waals surface area contributed by atoms with E-state index in [9.17, 15) is 17.6 Å². The van der Waals surface area contributed by atoms with Crippen molar-refractivity contribution in [1.82, 2.24) is 15.0 Å². The standard InChI is InChI=1S/C22H24ClFN4O4S2/c1-25-34(30,31)13-8-6-12(7-9-13)18-16(22(29)32-2)19(14-4-3-5-15(24)17(14)23)28-20(27-18)21-26-10-11-33-21/h3-5,10-13,19,25H,6-9H2,1-2H3,(H,27,28)/t12-,13+,19?. The highest BCUT2D eigenvalue weighted by Gasteiger charge is 2.39. The van der Waals surface area contributed by atoms with Crippen LogP contribution in [0.5, 0.6) is 0 Å². The summed E-state index contributed by atoms with van der Waals surface area (Å²) in [6.07, 6.45) is 3.57. The van der Waals surface area contributed by atoms with Crippen LogP contribution >= 0.6 is 22.9 Å². The molecule has 1 atom stereocenters. The fraction of sp³-hybridized carbons (Fsp3) is 0.409. The summed E-state index contributed by atoms with van der Waals surface area (Å²) in [4.78, 5) is 22.0. The number of benzene rings is 1. The van der Waals surface area contributed by atoms with Crippen molar-refractivity contribution in [2.24, 2.45) is 10.9 Å². The monoisotopic (exact) mass is 526 g/mol. The summed E-state index contributed by atoms with van der Waals surface area (Å²) in [5.41, 5.74) is 1.15. The molecule has 0 amide bonds. The minimum atomic E-state index is -3.39. The van der Waals surface area contributed by atoms with Crippen molar-refractivity contribution in [2.45, 2.75) is 37.0 Å².